The first-order chi connectivity index (χ1) is 14.5. The van der Waals surface area contributed by atoms with Crippen molar-refractivity contribution < 1.29 is 23.5 Å². The highest BCUT2D eigenvalue weighted by Crippen LogP contribution is 2.50. The number of rotatable bonds is 3. The molecule has 0 amide bonds. The van der Waals surface area contributed by atoms with Crippen molar-refractivity contribution in [1.82, 2.24) is 4.98 Å². The molecule has 0 aromatic carbocycles. The van der Waals surface area contributed by atoms with Gasteiger partial charge in [-0.1, -0.05) is 0 Å². The number of ether oxygens (including phenoxy) is 2. The molecule has 1 fully saturated rings. The number of fused-ring (bicyclic) bond motifs is 2. The summed E-state index contributed by atoms with van der Waals surface area (Å²) < 4.78 is 17.3. The van der Waals surface area contributed by atoms with Gasteiger partial charge in [-0.15, -0.1) is 11.6 Å². The van der Waals surface area contributed by atoms with Crippen LogP contribution in [0, 0.1) is 11.8 Å². The molecular formula is C23H24ClNO6. The van der Waals surface area contributed by atoms with E-state index in [1.54, 1.807) is 31.5 Å². The maximum absolute atomic E-state index is 13.5. The van der Waals surface area contributed by atoms with Gasteiger partial charge < -0.3 is 13.9 Å². The molecule has 0 spiro atoms. The lowest BCUT2D eigenvalue weighted by molar-refractivity contribution is -0.173. The minimum absolute atomic E-state index is 0.118. The van der Waals surface area contributed by atoms with E-state index < -0.39 is 34.1 Å². The van der Waals surface area contributed by atoms with Gasteiger partial charge in [0.25, 0.3) is 0 Å². The summed E-state index contributed by atoms with van der Waals surface area (Å²) in [7, 11) is 0. The molecule has 4 atom stereocenters. The fourth-order valence-electron chi connectivity index (χ4n) is 4.60. The van der Waals surface area contributed by atoms with Gasteiger partial charge in [0.2, 0.25) is 0 Å². The molecule has 2 aliphatic rings. The molecule has 2 aromatic heterocycles. The zero-order valence-electron chi connectivity index (χ0n) is 17.8. The third-order valence-corrected chi connectivity index (χ3v) is 6.69. The SMILES string of the molecule is CC(=O)OC1CC(C(C)(C)Cl)CC2C(=O)c3c(cc(-c4cccnc4)oc3=O)OC12C. The minimum Gasteiger partial charge on any atom is -0.482 e. The second kappa shape index (κ2) is 7.48. The van der Waals surface area contributed by atoms with Gasteiger partial charge in [0.15, 0.2) is 11.4 Å². The van der Waals surface area contributed by atoms with Crippen LogP contribution >= 0.6 is 11.6 Å². The zero-order chi connectivity index (χ0) is 22.6. The van der Waals surface area contributed by atoms with E-state index in [4.69, 9.17) is 25.5 Å². The molecule has 8 heteroatoms. The smallest absolute Gasteiger partial charge is 0.351 e. The van der Waals surface area contributed by atoms with Crippen LogP contribution in [0.1, 0.15) is 50.9 Å². The highest BCUT2D eigenvalue weighted by Gasteiger charge is 2.59. The van der Waals surface area contributed by atoms with E-state index >= 15 is 0 Å². The number of esters is 1. The number of hydrogen-bond acceptors (Lipinski definition) is 7. The van der Waals surface area contributed by atoms with E-state index in [-0.39, 0.29) is 28.8 Å². The molecule has 7 nitrogen and oxygen atoms in total. The Balaban J connectivity index is 1.83. The largest absolute Gasteiger partial charge is 0.482 e. The first-order valence-electron chi connectivity index (χ1n) is 10.2. The van der Waals surface area contributed by atoms with Gasteiger partial charge in [0, 0.05) is 35.8 Å². The first kappa shape index (κ1) is 21.6. The predicted molar refractivity (Wildman–Crippen MR) is 113 cm³/mol. The van der Waals surface area contributed by atoms with Crippen LogP contribution < -0.4 is 10.4 Å². The van der Waals surface area contributed by atoms with Crippen LogP contribution in [0.25, 0.3) is 11.3 Å². The monoisotopic (exact) mass is 445 g/mol. The lowest BCUT2D eigenvalue weighted by Crippen LogP contribution is -2.62. The number of aromatic nitrogens is 1. The number of ketones is 1. The van der Waals surface area contributed by atoms with Crippen molar-refractivity contribution in [3.63, 3.8) is 0 Å². The Bertz CT molecular complexity index is 1090. The molecule has 0 radical (unpaired) electrons. The van der Waals surface area contributed by atoms with E-state index in [0.717, 1.165) is 0 Å². The number of hydrogen-bond donors (Lipinski definition) is 0. The predicted octanol–water partition coefficient (Wildman–Crippen LogP) is 4.01. The number of alkyl halides is 1. The fourth-order valence-corrected chi connectivity index (χ4v) is 4.78. The molecular weight excluding hydrogens is 422 g/mol. The molecule has 2 aromatic rings. The summed E-state index contributed by atoms with van der Waals surface area (Å²) in [6.07, 6.45) is 3.31. The number of carbonyl (C=O) groups is 2. The Hall–Kier alpha value is -2.67. The van der Waals surface area contributed by atoms with Gasteiger partial charge >= 0.3 is 11.6 Å². The Kier molecular flexibility index (Phi) is 5.20. The van der Waals surface area contributed by atoms with Gasteiger partial charge in [0.05, 0.1) is 5.92 Å². The Morgan fingerprint density at radius 3 is 2.68 bits per heavy atom. The van der Waals surface area contributed by atoms with Crippen molar-refractivity contribution in [2.45, 2.75) is 57.1 Å². The standard InChI is InChI=1S/C23H24ClNO6/c1-12(26)29-18-9-14(22(2,3)24)8-15-20(27)19-17(31-23(15,18)4)10-16(30-21(19)28)13-6-5-7-25-11-13/h5-7,10-11,14-15,18H,8-9H2,1-4H3. The van der Waals surface area contributed by atoms with E-state index in [2.05, 4.69) is 4.98 Å². The second-order valence-electron chi connectivity index (χ2n) is 8.91. The van der Waals surface area contributed by atoms with Crippen molar-refractivity contribution >= 4 is 23.4 Å². The Labute approximate surface area is 184 Å². The molecule has 164 valence electrons. The van der Waals surface area contributed by atoms with Gasteiger partial charge in [-0.2, -0.15) is 0 Å². The summed E-state index contributed by atoms with van der Waals surface area (Å²) in [5.41, 5.74) is -1.44. The topological polar surface area (TPSA) is 95.7 Å². The van der Waals surface area contributed by atoms with Gasteiger partial charge in [-0.25, -0.2) is 4.79 Å². The summed E-state index contributed by atoms with van der Waals surface area (Å²) in [5.74, 6) is -1.30. The van der Waals surface area contributed by atoms with E-state index in [9.17, 15) is 14.4 Å². The highest BCUT2D eigenvalue weighted by atomic mass is 35.5. The molecule has 1 saturated carbocycles. The third-order valence-electron chi connectivity index (χ3n) is 6.38. The number of pyridine rings is 1. The average molecular weight is 446 g/mol. The maximum Gasteiger partial charge on any atom is 0.351 e. The van der Waals surface area contributed by atoms with E-state index in [0.29, 0.717) is 18.4 Å². The van der Waals surface area contributed by atoms with Crippen LogP contribution in [0.15, 0.2) is 39.8 Å². The Morgan fingerprint density at radius 1 is 1.32 bits per heavy atom. The number of carbonyl (C=O) groups excluding carboxylic acids is 2. The summed E-state index contributed by atoms with van der Waals surface area (Å²) in [6, 6.07) is 4.97. The summed E-state index contributed by atoms with van der Waals surface area (Å²) in [5, 5.41) is 0. The van der Waals surface area contributed by atoms with Gasteiger partial charge in [0.1, 0.15) is 23.2 Å². The highest BCUT2D eigenvalue weighted by molar-refractivity contribution is 6.23. The lowest BCUT2D eigenvalue weighted by atomic mass is 9.63. The summed E-state index contributed by atoms with van der Waals surface area (Å²) in [6.45, 7) is 6.80. The fraction of sp³-hybridized carbons (Fsp3) is 0.478. The second-order valence-corrected chi connectivity index (χ2v) is 9.89. The van der Waals surface area contributed by atoms with E-state index in [1.807, 2.05) is 13.8 Å². The average Bonchev–Trinajstić information content (AvgIpc) is 2.68. The van der Waals surface area contributed by atoms with E-state index in [1.165, 1.54) is 13.0 Å². The molecule has 1 aliphatic heterocycles. The van der Waals surface area contributed by atoms with Crippen molar-refractivity contribution in [3.05, 3.63) is 46.6 Å². The Morgan fingerprint density at radius 2 is 2.06 bits per heavy atom. The number of Topliss-reactive ketones (excluding diaryl/α,β-unsaturated/α-hetero) is 1. The number of nitrogens with zero attached hydrogens (tertiary/aromatic N) is 1. The normalized spacial score (nSPS) is 27.6. The molecule has 4 unspecified atom stereocenters. The zero-order valence-corrected chi connectivity index (χ0v) is 18.6. The van der Waals surface area contributed by atoms with Crippen molar-refractivity contribution in [1.29, 1.82) is 0 Å². The molecule has 31 heavy (non-hydrogen) atoms. The molecule has 0 bridgehead atoms. The van der Waals surface area contributed by atoms with Gasteiger partial charge in [-0.3, -0.25) is 14.6 Å². The number of halogens is 1. The van der Waals surface area contributed by atoms with Crippen LogP contribution in [0.4, 0.5) is 0 Å². The quantitative estimate of drug-likeness (QED) is 0.520. The molecule has 4 rings (SSSR count). The maximum atomic E-state index is 13.5. The minimum atomic E-state index is -1.13. The van der Waals surface area contributed by atoms with Crippen molar-refractivity contribution in [3.8, 4) is 17.1 Å². The summed E-state index contributed by atoms with van der Waals surface area (Å²) in [4.78, 5) is 41.5. The lowest BCUT2D eigenvalue weighted by Gasteiger charge is -2.51. The van der Waals surface area contributed by atoms with Crippen LogP contribution in [-0.2, 0) is 9.53 Å². The van der Waals surface area contributed by atoms with Crippen molar-refractivity contribution in [2.24, 2.45) is 11.8 Å². The molecule has 3 heterocycles. The molecule has 0 saturated heterocycles. The van der Waals surface area contributed by atoms with Crippen LogP contribution in [0.3, 0.4) is 0 Å². The van der Waals surface area contributed by atoms with Crippen LogP contribution in [0.2, 0.25) is 0 Å². The molecule has 1 aliphatic carbocycles. The van der Waals surface area contributed by atoms with Crippen LogP contribution in [0.5, 0.6) is 5.75 Å². The molecule has 0 N–H and O–H groups in total. The first-order valence-corrected chi connectivity index (χ1v) is 10.6. The van der Waals surface area contributed by atoms with Crippen molar-refractivity contribution in [2.75, 3.05) is 0 Å². The van der Waals surface area contributed by atoms with Gasteiger partial charge in [-0.05, 0) is 51.7 Å². The van der Waals surface area contributed by atoms with Crippen LogP contribution in [-0.4, -0.2) is 33.3 Å². The third kappa shape index (κ3) is 3.76. The summed E-state index contributed by atoms with van der Waals surface area (Å²) >= 11 is 6.58.